The minimum atomic E-state index is 0.0952. The second kappa shape index (κ2) is 7.10. The zero-order valence-corrected chi connectivity index (χ0v) is 11.5. The van der Waals surface area contributed by atoms with Gasteiger partial charge in [-0.15, -0.1) is 0 Å². The predicted molar refractivity (Wildman–Crippen MR) is 73.8 cm³/mol. The molecule has 0 amide bonds. The van der Waals surface area contributed by atoms with Crippen molar-refractivity contribution in [3.8, 4) is 0 Å². The van der Waals surface area contributed by atoms with Crippen LogP contribution in [-0.2, 0) is 11.2 Å². The van der Waals surface area contributed by atoms with Crippen LogP contribution in [0.3, 0.4) is 0 Å². The van der Waals surface area contributed by atoms with Crippen molar-refractivity contribution in [2.24, 2.45) is 5.92 Å². The van der Waals surface area contributed by atoms with Gasteiger partial charge in [-0.05, 0) is 18.4 Å². The minimum Gasteiger partial charge on any atom is -0.300 e. The zero-order valence-electron chi connectivity index (χ0n) is 11.5. The van der Waals surface area contributed by atoms with Crippen molar-refractivity contribution in [2.45, 2.75) is 46.5 Å². The van der Waals surface area contributed by atoms with Gasteiger partial charge in [0, 0.05) is 18.4 Å². The molecule has 0 aliphatic rings. The summed E-state index contributed by atoms with van der Waals surface area (Å²) in [4.78, 5) is 23.5. The largest absolute Gasteiger partial charge is 0.300 e. The first kappa shape index (κ1) is 14.6. The van der Waals surface area contributed by atoms with E-state index in [1.54, 1.807) is 6.92 Å². The average molecular weight is 246 g/mol. The molecule has 0 N–H and O–H groups in total. The molecule has 0 saturated carbocycles. The van der Waals surface area contributed by atoms with Gasteiger partial charge in [0.05, 0.1) is 0 Å². The van der Waals surface area contributed by atoms with Gasteiger partial charge in [-0.3, -0.25) is 9.59 Å². The van der Waals surface area contributed by atoms with Gasteiger partial charge in [0.25, 0.3) is 0 Å². The molecule has 0 unspecified atom stereocenters. The van der Waals surface area contributed by atoms with E-state index in [9.17, 15) is 9.59 Å². The highest BCUT2D eigenvalue weighted by atomic mass is 16.1. The number of carbonyl (C=O) groups excluding carboxylic acids is 2. The lowest BCUT2D eigenvalue weighted by atomic mass is 9.91. The van der Waals surface area contributed by atoms with Gasteiger partial charge in [0.2, 0.25) is 0 Å². The first-order valence-electron chi connectivity index (χ1n) is 6.69. The molecule has 1 rings (SSSR count). The summed E-state index contributed by atoms with van der Waals surface area (Å²) in [5, 5.41) is 0. The van der Waals surface area contributed by atoms with Crippen molar-refractivity contribution in [1.82, 2.24) is 0 Å². The summed E-state index contributed by atoms with van der Waals surface area (Å²) < 4.78 is 0. The molecule has 0 aliphatic carbocycles. The third kappa shape index (κ3) is 4.10. The predicted octanol–water partition coefficient (Wildman–Crippen LogP) is 3.83. The Labute approximate surface area is 109 Å². The fourth-order valence-corrected chi connectivity index (χ4v) is 2.16. The number of hydrogen-bond acceptors (Lipinski definition) is 2. The normalized spacial score (nSPS) is 10.7. The first-order chi connectivity index (χ1) is 8.58. The molecule has 98 valence electrons. The second-order valence-corrected chi connectivity index (χ2v) is 4.85. The van der Waals surface area contributed by atoms with Crippen LogP contribution in [0, 0.1) is 5.92 Å². The van der Waals surface area contributed by atoms with Gasteiger partial charge in [-0.1, -0.05) is 51.0 Å². The van der Waals surface area contributed by atoms with E-state index in [1.165, 1.54) is 0 Å². The van der Waals surface area contributed by atoms with E-state index >= 15 is 0 Å². The molecule has 0 bridgehead atoms. The highest BCUT2D eigenvalue weighted by molar-refractivity contribution is 5.98. The van der Waals surface area contributed by atoms with Gasteiger partial charge in [0.1, 0.15) is 5.78 Å². The Bertz CT molecular complexity index is 417. The molecule has 0 heterocycles. The van der Waals surface area contributed by atoms with Crippen LogP contribution in [0.25, 0.3) is 0 Å². The molecule has 0 saturated heterocycles. The molecule has 2 heteroatoms. The number of rotatable bonds is 7. The van der Waals surface area contributed by atoms with E-state index in [2.05, 4.69) is 13.8 Å². The van der Waals surface area contributed by atoms with Crippen LogP contribution < -0.4 is 0 Å². The quantitative estimate of drug-likeness (QED) is 0.685. The summed E-state index contributed by atoms with van der Waals surface area (Å²) in [7, 11) is 0. The number of ketones is 2. The number of Topliss-reactive ketones (excluding diaryl/α,β-unsaturated/α-hetero) is 2. The molecule has 0 aromatic heterocycles. The number of benzene rings is 1. The molecule has 1 aromatic rings. The highest BCUT2D eigenvalue weighted by Crippen LogP contribution is 2.19. The molecule has 0 atom stereocenters. The minimum absolute atomic E-state index is 0.0952. The maximum atomic E-state index is 12.3. The Morgan fingerprint density at radius 2 is 1.72 bits per heavy atom. The lowest BCUT2D eigenvalue weighted by Crippen LogP contribution is -2.11. The van der Waals surface area contributed by atoms with Gasteiger partial charge >= 0.3 is 0 Å². The van der Waals surface area contributed by atoms with E-state index in [1.807, 2.05) is 24.3 Å². The van der Waals surface area contributed by atoms with E-state index in [0.717, 1.165) is 24.0 Å². The van der Waals surface area contributed by atoms with Crippen LogP contribution in [0.2, 0.25) is 0 Å². The van der Waals surface area contributed by atoms with Crippen molar-refractivity contribution >= 4 is 11.6 Å². The molecule has 1 aromatic carbocycles. The van der Waals surface area contributed by atoms with Crippen molar-refractivity contribution in [2.75, 3.05) is 0 Å². The van der Waals surface area contributed by atoms with E-state index in [0.29, 0.717) is 18.8 Å². The standard InChI is InChI=1S/C16H22O2/c1-4-13(5-2)11-16(18)15-9-7-6-8-14(15)10-12(3)17/h6-9,13H,4-5,10-11H2,1-3H3. The van der Waals surface area contributed by atoms with Crippen LogP contribution in [0.4, 0.5) is 0 Å². The van der Waals surface area contributed by atoms with Gasteiger partial charge in [-0.2, -0.15) is 0 Å². The van der Waals surface area contributed by atoms with Crippen LogP contribution in [0.1, 0.15) is 56.0 Å². The lowest BCUT2D eigenvalue weighted by molar-refractivity contribution is -0.116. The molecule has 0 fully saturated rings. The fourth-order valence-electron chi connectivity index (χ4n) is 2.16. The van der Waals surface area contributed by atoms with Crippen LogP contribution in [0.5, 0.6) is 0 Å². The Morgan fingerprint density at radius 3 is 2.28 bits per heavy atom. The maximum Gasteiger partial charge on any atom is 0.163 e. The maximum absolute atomic E-state index is 12.3. The lowest BCUT2D eigenvalue weighted by Gasteiger charge is -2.13. The SMILES string of the molecule is CCC(CC)CC(=O)c1ccccc1CC(C)=O. The van der Waals surface area contributed by atoms with Crippen LogP contribution >= 0.6 is 0 Å². The van der Waals surface area contributed by atoms with Crippen molar-refractivity contribution in [1.29, 1.82) is 0 Å². The Balaban J connectivity index is 2.87. The van der Waals surface area contributed by atoms with E-state index < -0.39 is 0 Å². The van der Waals surface area contributed by atoms with E-state index in [-0.39, 0.29) is 11.6 Å². The molecule has 18 heavy (non-hydrogen) atoms. The smallest absolute Gasteiger partial charge is 0.163 e. The summed E-state index contributed by atoms with van der Waals surface area (Å²) in [6, 6.07) is 7.46. The Hall–Kier alpha value is -1.44. The highest BCUT2D eigenvalue weighted by Gasteiger charge is 2.15. The zero-order chi connectivity index (χ0) is 13.5. The Kier molecular flexibility index (Phi) is 5.76. The van der Waals surface area contributed by atoms with Crippen molar-refractivity contribution < 1.29 is 9.59 Å². The first-order valence-corrected chi connectivity index (χ1v) is 6.69. The number of carbonyl (C=O) groups is 2. The monoisotopic (exact) mass is 246 g/mol. The van der Waals surface area contributed by atoms with E-state index in [4.69, 9.17) is 0 Å². The molecule has 2 nitrogen and oxygen atoms in total. The summed E-state index contributed by atoms with van der Waals surface area (Å²) >= 11 is 0. The Morgan fingerprint density at radius 1 is 1.11 bits per heavy atom. The molecular formula is C16H22O2. The molecule has 0 aliphatic heterocycles. The van der Waals surface area contributed by atoms with Crippen molar-refractivity contribution in [3.05, 3.63) is 35.4 Å². The topological polar surface area (TPSA) is 34.1 Å². The second-order valence-electron chi connectivity index (χ2n) is 4.85. The average Bonchev–Trinajstić information content (AvgIpc) is 2.35. The van der Waals surface area contributed by atoms with Crippen LogP contribution in [0.15, 0.2) is 24.3 Å². The van der Waals surface area contributed by atoms with Gasteiger partial charge in [0.15, 0.2) is 5.78 Å². The molecule has 0 radical (unpaired) electrons. The molecular weight excluding hydrogens is 224 g/mol. The van der Waals surface area contributed by atoms with Gasteiger partial charge < -0.3 is 0 Å². The summed E-state index contributed by atoms with van der Waals surface area (Å²) in [6.07, 6.45) is 2.99. The third-order valence-electron chi connectivity index (χ3n) is 3.39. The summed E-state index contributed by atoms with van der Waals surface area (Å²) in [6.45, 7) is 5.79. The van der Waals surface area contributed by atoms with Gasteiger partial charge in [-0.25, -0.2) is 0 Å². The summed E-state index contributed by atoms with van der Waals surface area (Å²) in [5.41, 5.74) is 1.58. The molecule has 0 spiro atoms. The number of hydrogen-bond donors (Lipinski definition) is 0. The van der Waals surface area contributed by atoms with Crippen LogP contribution in [-0.4, -0.2) is 11.6 Å². The van der Waals surface area contributed by atoms with Crippen molar-refractivity contribution in [3.63, 3.8) is 0 Å². The summed E-state index contributed by atoms with van der Waals surface area (Å²) in [5.74, 6) is 0.709. The fraction of sp³-hybridized carbons (Fsp3) is 0.500. The third-order valence-corrected chi connectivity index (χ3v) is 3.39.